The highest BCUT2D eigenvalue weighted by atomic mass is 35.5. The molecule has 0 unspecified atom stereocenters. The molecule has 2 amide bonds. The first kappa shape index (κ1) is 36.2. The van der Waals surface area contributed by atoms with Gasteiger partial charge in [-0.15, -0.1) is 0 Å². The molecule has 1 saturated carbocycles. The first-order valence-electron chi connectivity index (χ1n) is 14.5. The fraction of sp³-hybridized carbons (Fsp3) is 0.242. The topological polar surface area (TPSA) is 77.1 Å². The van der Waals surface area contributed by atoms with Gasteiger partial charge in [0.2, 0.25) is 0 Å². The number of rotatable bonds is 10. The molecule has 0 atom stereocenters. The third-order valence-electron chi connectivity index (χ3n) is 6.81. The first-order valence-corrected chi connectivity index (χ1v) is 17.8. The molecule has 1 N–H and O–H groups in total. The summed E-state index contributed by atoms with van der Waals surface area (Å²) in [5.74, 6) is 0.218. The monoisotopic (exact) mass is 742 g/mol. The fourth-order valence-corrected chi connectivity index (χ4v) is 7.04. The maximum Gasteiger partial charge on any atom is 0.587 e. The number of nitrogens with one attached hydrogen (secondary N) is 1. The average Bonchev–Trinajstić information content (AvgIpc) is 3.56. The summed E-state index contributed by atoms with van der Waals surface area (Å²) in [6, 6.07) is 26.5. The van der Waals surface area contributed by atoms with Gasteiger partial charge in [0.15, 0.2) is 11.5 Å². The molecule has 0 aromatic heterocycles. The molecular weight excluding hydrogens is 713 g/mol. The Kier molecular flexibility index (Phi) is 13.8. The van der Waals surface area contributed by atoms with Gasteiger partial charge in [0.25, 0.3) is 0 Å². The molecule has 0 saturated heterocycles. The average molecular weight is 745 g/mol. The molecule has 244 valence electrons. The Morgan fingerprint density at radius 1 is 0.783 bits per heavy atom. The van der Waals surface area contributed by atoms with Crippen LogP contribution in [0.25, 0.3) is 0 Å². The van der Waals surface area contributed by atoms with E-state index in [1.807, 2.05) is 59.5 Å². The van der Waals surface area contributed by atoms with E-state index in [2.05, 4.69) is 5.32 Å². The highest BCUT2D eigenvalue weighted by Crippen LogP contribution is 2.52. The number of nitrogens with zero attached hydrogens (tertiary/aromatic N) is 1. The molecular formula is C33H32Cl5N2O5P. The van der Waals surface area contributed by atoms with E-state index in [1.165, 1.54) is 49.2 Å². The number of carbonyl (C=O) groups excluding carboxylic acids is 1. The Balaban J connectivity index is 0.000000209. The van der Waals surface area contributed by atoms with Crippen LogP contribution < -0.4 is 14.4 Å². The predicted molar refractivity (Wildman–Crippen MR) is 188 cm³/mol. The van der Waals surface area contributed by atoms with Crippen LogP contribution in [0.3, 0.4) is 0 Å². The second kappa shape index (κ2) is 17.5. The summed E-state index contributed by atoms with van der Waals surface area (Å²) >= 11 is 29.6. The third kappa shape index (κ3) is 11.0. The second-order valence-electron chi connectivity index (χ2n) is 10.2. The van der Waals surface area contributed by atoms with Crippen molar-refractivity contribution in [2.75, 3.05) is 11.9 Å². The van der Waals surface area contributed by atoms with E-state index in [0.717, 1.165) is 29.1 Å². The molecule has 4 aromatic rings. The van der Waals surface area contributed by atoms with E-state index < -0.39 is 7.82 Å². The van der Waals surface area contributed by atoms with Gasteiger partial charge in [-0.2, -0.15) is 0 Å². The van der Waals surface area contributed by atoms with E-state index in [0.29, 0.717) is 22.6 Å². The third-order valence-corrected chi connectivity index (χ3v) is 9.54. The van der Waals surface area contributed by atoms with Gasteiger partial charge >= 0.3 is 13.9 Å². The van der Waals surface area contributed by atoms with Crippen molar-refractivity contribution in [2.45, 2.75) is 45.2 Å². The minimum absolute atomic E-state index is 0.0296. The highest BCUT2D eigenvalue weighted by Gasteiger charge is 2.32. The van der Waals surface area contributed by atoms with Crippen LogP contribution in [0.5, 0.6) is 11.5 Å². The van der Waals surface area contributed by atoms with Gasteiger partial charge in [0.05, 0.1) is 16.7 Å². The number of anilines is 1. The second-order valence-corrected chi connectivity index (χ2v) is 13.8. The molecule has 13 heteroatoms. The van der Waals surface area contributed by atoms with Crippen molar-refractivity contribution in [1.29, 1.82) is 0 Å². The van der Waals surface area contributed by atoms with E-state index in [4.69, 9.17) is 71.6 Å². The predicted octanol–water partition coefficient (Wildman–Crippen LogP) is 12.2. The van der Waals surface area contributed by atoms with Gasteiger partial charge in [0.1, 0.15) is 0 Å². The van der Waals surface area contributed by atoms with E-state index in [1.54, 1.807) is 6.92 Å². The van der Waals surface area contributed by atoms with Gasteiger partial charge in [-0.1, -0.05) is 101 Å². The number of carbonyl (C=O) groups is 1. The van der Waals surface area contributed by atoms with E-state index in [9.17, 15) is 9.36 Å². The lowest BCUT2D eigenvalue weighted by Gasteiger charge is -2.29. The number of hydrogen-bond acceptors (Lipinski definition) is 5. The van der Waals surface area contributed by atoms with Crippen molar-refractivity contribution in [3.63, 3.8) is 0 Å². The summed E-state index contributed by atoms with van der Waals surface area (Å²) in [5.41, 5.74) is 1.93. The number of phosphoric ester groups is 1. The minimum atomic E-state index is -4.00. The zero-order chi connectivity index (χ0) is 33.1. The molecule has 1 fully saturated rings. The zero-order valence-corrected chi connectivity index (χ0v) is 29.5. The van der Waals surface area contributed by atoms with E-state index in [-0.39, 0.29) is 34.2 Å². The lowest BCUT2D eigenvalue weighted by molar-refractivity contribution is 0.184. The summed E-state index contributed by atoms with van der Waals surface area (Å²) in [7, 11) is -4.00. The maximum atomic E-state index is 12.8. The summed E-state index contributed by atoms with van der Waals surface area (Å²) in [4.78, 5) is 14.7. The van der Waals surface area contributed by atoms with Crippen LogP contribution in [-0.2, 0) is 15.6 Å². The molecule has 0 spiro atoms. The van der Waals surface area contributed by atoms with E-state index >= 15 is 0 Å². The summed E-state index contributed by atoms with van der Waals surface area (Å²) in [6.45, 7) is 2.35. The zero-order valence-electron chi connectivity index (χ0n) is 24.8. The maximum absolute atomic E-state index is 12.8. The van der Waals surface area contributed by atoms with Crippen molar-refractivity contribution in [3.8, 4) is 11.5 Å². The van der Waals surface area contributed by atoms with Crippen LogP contribution >= 0.6 is 65.8 Å². The number of para-hydroxylation sites is 1. The van der Waals surface area contributed by atoms with Crippen molar-refractivity contribution in [3.05, 3.63) is 122 Å². The standard InChI is InChI=1S/C19H21ClN2O.C14H11Cl4O4P/c20-16-12-10-15(11-13-16)14-22(18-8-4-5-9-18)19(23)21-17-6-2-1-3-7-17;1-2-20-23(19,21-13-5-3-9(15)7-11(13)17)22-14-6-4-10(16)8-12(14)18/h1-3,6-7,10-13,18H,4-5,8-9,14H2,(H,21,23);3-8H,2H2,1H3. The molecule has 1 aliphatic carbocycles. The fourth-order valence-electron chi connectivity index (χ4n) is 4.65. The Labute approximate surface area is 294 Å². The molecule has 0 heterocycles. The Morgan fingerprint density at radius 3 is 1.80 bits per heavy atom. The molecule has 0 aliphatic heterocycles. The van der Waals surface area contributed by atoms with Gasteiger partial charge in [-0.05, 0) is 86.0 Å². The number of amides is 2. The van der Waals surface area contributed by atoms with Crippen molar-refractivity contribution < 1.29 is 22.9 Å². The number of halogens is 5. The van der Waals surface area contributed by atoms with Gasteiger partial charge in [0, 0.05) is 33.3 Å². The van der Waals surface area contributed by atoms with Crippen LogP contribution in [0, 0.1) is 0 Å². The van der Waals surface area contributed by atoms with Gasteiger partial charge < -0.3 is 19.3 Å². The van der Waals surface area contributed by atoms with Crippen LogP contribution in [0.1, 0.15) is 38.2 Å². The normalized spacial score (nSPS) is 13.0. The Morgan fingerprint density at radius 2 is 1.30 bits per heavy atom. The number of hydrogen-bond donors (Lipinski definition) is 1. The summed E-state index contributed by atoms with van der Waals surface area (Å²) in [5, 5.41) is 4.89. The molecule has 0 bridgehead atoms. The van der Waals surface area contributed by atoms with Gasteiger partial charge in [-0.3, -0.25) is 4.52 Å². The molecule has 4 aromatic carbocycles. The Bertz CT molecular complexity index is 1580. The van der Waals surface area contributed by atoms with Crippen LogP contribution in [0.15, 0.2) is 91.0 Å². The molecule has 46 heavy (non-hydrogen) atoms. The molecule has 5 rings (SSSR count). The van der Waals surface area contributed by atoms with Gasteiger partial charge in [-0.25, -0.2) is 9.36 Å². The van der Waals surface area contributed by atoms with Crippen molar-refractivity contribution >= 4 is 77.5 Å². The SMILES string of the molecule is CCOP(=O)(Oc1ccc(Cl)cc1Cl)Oc1ccc(Cl)cc1Cl.O=C(Nc1ccccc1)N(Cc1ccc(Cl)cc1)C1CCCC1. The smallest absolute Gasteiger partial charge is 0.393 e. The van der Waals surface area contributed by atoms with Crippen molar-refractivity contribution in [1.82, 2.24) is 4.90 Å². The number of benzene rings is 4. The summed E-state index contributed by atoms with van der Waals surface area (Å²) < 4.78 is 28.6. The largest absolute Gasteiger partial charge is 0.587 e. The molecule has 7 nitrogen and oxygen atoms in total. The van der Waals surface area contributed by atoms with Crippen LogP contribution in [-0.4, -0.2) is 23.6 Å². The lowest BCUT2D eigenvalue weighted by Crippen LogP contribution is -2.41. The molecule has 0 radical (unpaired) electrons. The minimum Gasteiger partial charge on any atom is -0.393 e. The first-order chi connectivity index (χ1) is 22.0. The summed E-state index contributed by atoms with van der Waals surface area (Å²) in [6.07, 6.45) is 4.55. The Hall–Kier alpha value is -2.61. The highest BCUT2D eigenvalue weighted by molar-refractivity contribution is 7.49. The lowest BCUT2D eigenvalue weighted by atomic mass is 10.1. The van der Waals surface area contributed by atoms with Crippen LogP contribution in [0.4, 0.5) is 10.5 Å². The van der Waals surface area contributed by atoms with Crippen LogP contribution in [0.2, 0.25) is 25.1 Å². The molecule has 1 aliphatic rings. The quantitative estimate of drug-likeness (QED) is 0.164. The van der Waals surface area contributed by atoms with Crippen molar-refractivity contribution in [2.24, 2.45) is 0 Å². The number of phosphoric acid groups is 1. The number of urea groups is 1.